The van der Waals surface area contributed by atoms with Crippen molar-refractivity contribution in [1.82, 2.24) is 4.90 Å². The highest BCUT2D eigenvalue weighted by Gasteiger charge is 2.24. The Labute approximate surface area is 113 Å². The van der Waals surface area contributed by atoms with Gasteiger partial charge in [0.1, 0.15) is 0 Å². The first-order chi connectivity index (χ1) is 8.99. The number of nitrogens with zero attached hydrogens (tertiary/aromatic N) is 1. The molecular formula is C13H23NO5. The van der Waals surface area contributed by atoms with Gasteiger partial charge in [-0.25, -0.2) is 4.79 Å². The third kappa shape index (κ3) is 6.42. The second-order valence-electron chi connectivity index (χ2n) is 5.17. The highest BCUT2D eigenvalue weighted by atomic mass is 16.6. The van der Waals surface area contributed by atoms with Gasteiger partial charge in [-0.2, -0.15) is 0 Å². The molecule has 0 atom stereocenters. The van der Waals surface area contributed by atoms with Crippen LogP contribution in [0.2, 0.25) is 0 Å². The molecule has 0 aromatic rings. The fraction of sp³-hybridized carbons (Fsp3) is 0.846. The molecule has 1 rings (SSSR count). The smallest absolute Gasteiger partial charge is 0.409 e. The molecular weight excluding hydrogens is 250 g/mol. The maximum atomic E-state index is 11.7. The molecule has 0 radical (unpaired) electrons. The van der Waals surface area contributed by atoms with Gasteiger partial charge in [-0.05, 0) is 18.8 Å². The number of carbonyl (C=O) groups excluding carboxylic acids is 1. The average molecular weight is 273 g/mol. The van der Waals surface area contributed by atoms with Crippen LogP contribution in [0.5, 0.6) is 0 Å². The molecule has 1 fully saturated rings. The summed E-state index contributed by atoms with van der Waals surface area (Å²) in [4.78, 5) is 23.7. The number of piperidine rings is 1. The van der Waals surface area contributed by atoms with Gasteiger partial charge in [0.25, 0.3) is 0 Å². The van der Waals surface area contributed by atoms with E-state index in [4.69, 9.17) is 14.6 Å². The predicted octanol–water partition coefficient (Wildman–Crippen LogP) is 1.73. The lowest BCUT2D eigenvalue weighted by Crippen LogP contribution is -2.41. The Morgan fingerprint density at radius 1 is 1.32 bits per heavy atom. The molecule has 6 nitrogen and oxygen atoms in total. The van der Waals surface area contributed by atoms with Gasteiger partial charge in [0.05, 0.1) is 25.7 Å². The lowest BCUT2D eigenvalue weighted by atomic mass is 10.1. The maximum absolute atomic E-state index is 11.7. The molecule has 1 heterocycles. The molecule has 0 spiro atoms. The van der Waals surface area contributed by atoms with Crippen LogP contribution in [0.3, 0.4) is 0 Å². The topological polar surface area (TPSA) is 76.1 Å². The van der Waals surface area contributed by atoms with E-state index in [2.05, 4.69) is 0 Å². The summed E-state index contributed by atoms with van der Waals surface area (Å²) < 4.78 is 10.6. The van der Waals surface area contributed by atoms with Crippen molar-refractivity contribution in [1.29, 1.82) is 0 Å². The third-order valence-electron chi connectivity index (χ3n) is 2.91. The lowest BCUT2D eigenvalue weighted by Gasteiger charge is -2.31. The Kier molecular flexibility index (Phi) is 6.62. The lowest BCUT2D eigenvalue weighted by molar-refractivity contribution is -0.138. The van der Waals surface area contributed by atoms with E-state index in [0.29, 0.717) is 25.6 Å². The van der Waals surface area contributed by atoms with E-state index in [1.165, 1.54) is 0 Å². The number of aliphatic carboxylic acids is 1. The Morgan fingerprint density at radius 3 is 2.47 bits per heavy atom. The molecule has 0 aromatic carbocycles. The molecule has 1 saturated heterocycles. The van der Waals surface area contributed by atoms with E-state index in [1.807, 2.05) is 13.8 Å². The van der Waals surface area contributed by atoms with Crippen LogP contribution in [0.15, 0.2) is 0 Å². The summed E-state index contributed by atoms with van der Waals surface area (Å²) in [6.45, 7) is 5.88. The molecule has 110 valence electrons. The van der Waals surface area contributed by atoms with Crippen molar-refractivity contribution < 1.29 is 24.2 Å². The molecule has 1 aliphatic heterocycles. The molecule has 6 heteroatoms. The Balaban J connectivity index is 2.17. The molecule has 1 N–H and O–H groups in total. The predicted molar refractivity (Wildman–Crippen MR) is 69.0 cm³/mol. The summed E-state index contributed by atoms with van der Waals surface area (Å²) in [6, 6.07) is 0. The monoisotopic (exact) mass is 273 g/mol. The maximum Gasteiger partial charge on any atom is 0.409 e. The van der Waals surface area contributed by atoms with Crippen LogP contribution < -0.4 is 0 Å². The second-order valence-corrected chi connectivity index (χ2v) is 5.17. The van der Waals surface area contributed by atoms with E-state index in [1.54, 1.807) is 4.90 Å². The van der Waals surface area contributed by atoms with Gasteiger partial charge in [0.2, 0.25) is 0 Å². The number of rotatable bonds is 6. The van der Waals surface area contributed by atoms with Crippen molar-refractivity contribution in [2.75, 3.05) is 26.3 Å². The zero-order chi connectivity index (χ0) is 14.3. The highest BCUT2D eigenvalue weighted by molar-refractivity contribution is 5.67. The van der Waals surface area contributed by atoms with E-state index in [0.717, 1.165) is 12.8 Å². The first-order valence-corrected chi connectivity index (χ1v) is 6.74. The molecule has 1 amide bonds. The van der Waals surface area contributed by atoms with Crippen LogP contribution in [0.4, 0.5) is 4.79 Å². The molecule has 0 aliphatic carbocycles. The fourth-order valence-corrected chi connectivity index (χ4v) is 1.85. The summed E-state index contributed by atoms with van der Waals surface area (Å²) >= 11 is 0. The molecule has 1 aliphatic rings. The minimum absolute atomic E-state index is 0.0244. The standard InChI is InChI=1S/C13H23NO5/c1-10(2)9-19-13(17)14-6-3-11(4-7-14)18-8-5-12(15)16/h10-11H,3-9H2,1-2H3,(H,15,16). The van der Waals surface area contributed by atoms with Gasteiger partial charge >= 0.3 is 12.1 Å². The Morgan fingerprint density at radius 2 is 1.95 bits per heavy atom. The van der Waals surface area contributed by atoms with Crippen molar-refractivity contribution in [3.8, 4) is 0 Å². The second kappa shape index (κ2) is 7.99. The van der Waals surface area contributed by atoms with Crippen LogP contribution in [0, 0.1) is 5.92 Å². The zero-order valence-corrected chi connectivity index (χ0v) is 11.6. The van der Waals surface area contributed by atoms with E-state index >= 15 is 0 Å². The van der Waals surface area contributed by atoms with Crippen molar-refractivity contribution >= 4 is 12.1 Å². The van der Waals surface area contributed by atoms with Crippen LogP contribution in [-0.2, 0) is 14.3 Å². The normalized spacial score (nSPS) is 16.7. The van der Waals surface area contributed by atoms with Crippen LogP contribution in [0.1, 0.15) is 33.1 Å². The Bertz CT molecular complexity index is 297. The minimum Gasteiger partial charge on any atom is -0.481 e. The number of hydrogen-bond donors (Lipinski definition) is 1. The first-order valence-electron chi connectivity index (χ1n) is 6.74. The molecule has 0 saturated carbocycles. The summed E-state index contributed by atoms with van der Waals surface area (Å²) in [5, 5.41) is 8.51. The highest BCUT2D eigenvalue weighted by Crippen LogP contribution is 2.15. The van der Waals surface area contributed by atoms with Gasteiger partial charge in [-0.1, -0.05) is 13.8 Å². The number of hydrogen-bond acceptors (Lipinski definition) is 4. The first kappa shape index (κ1) is 15.8. The molecule has 0 bridgehead atoms. The number of amides is 1. The van der Waals surface area contributed by atoms with Crippen LogP contribution >= 0.6 is 0 Å². The minimum atomic E-state index is -0.852. The number of carboxylic acids is 1. The largest absolute Gasteiger partial charge is 0.481 e. The molecule has 19 heavy (non-hydrogen) atoms. The number of carboxylic acid groups (broad SMARTS) is 1. The third-order valence-corrected chi connectivity index (χ3v) is 2.91. The van der Waals surface area contributed by atoms with Gasteiger partial charge in [-0.3, -0.25) is 4.79 Å². The summed E-state index contributed by atoms with van der Waals surface area (Å²) in [5.74, 6) is -0.518. The van der Waals surface area contributed by atoms with Gasteiger partial charge in [0, 0.05) is 13.1 Å². The number of carbonyl (C=O) groups is 2. The quantitative estimate of drug-likeness (QED) is 0.797. The van der Waals surface area contributed by atoms with E-state index < -0.39 is 5.97 Å². The van der Waals surface area contributed by atoms with E-state index in [-0.39, 0.29) is 25.2 Å². The molecule has 0 unspecified atom stereocenters. The SMILES string of the molecule is CC(C)COC(=O)N1CCC(OCCC(=O)O)CC1. The van der Waals surface area contributed by atoms with Gasteiger partial charge < -0.3 is 19.5 Å². The van der Waals surface area contributed by atoms with Crippen LogP contribution in [-0.4, -0.2) is 54.5 Å². The molecule has 0 aromatic heterocycles. The zero-order valence-electron chi connectivity index (χ0n) is 11.6. The fourth-order valence-electron chi connectivity index (χ4n) is 1.85. The average Bonchev–Trinajstić information content (AvgIpc) is 2.36. The summed E-state index contributed by atoms with van der Waals surface area (Å²) in [5.41, 5.74) is 0. The van der Waals surface area contributed by atoms with Crippen LogP contribution in [0.25, 0.3) is 0 Å². The van der Waals surface area contributed by atoms with Crippen molar-refractivity contribution in [3.05, 3.63) is 0 Å². The van der Waals surface area contributed by atoms with Gasteiger partial charge in [0.15, 0.2) is 0 Å². The van der Waals surface area contributed by atoms with E-state index in [9.17, 15) is 9.59 Å². The number of likely N-dealkylation sites (tertiary alicyclic amines) is 1. The Hall–Kier alpha value is -1.30. The van der Waals surface area contributed by atoms with Crippen molar-refractivity contribution in [2.24, 2.45) is 5.92 Å². The van der Waals surface area contributed by atoms with Crippen molar-refractivity contribution in [3.63, 3.8) is 0 Å². The van der Waals surface area contributed by atoms with Crippen molar-refractivity contribution in [2.45, 2.75) is 39.2 Å². The number of ether oxygens (including phenoxy) is 2. The summed E-state index contributed by atoms with van der Waals surface area (Å²) in [6.07, 6.45) is 1.27. The summed E-state index contributed by atoms with van der Waals surface area (Å²) in [7, 11) is 0. The van der Waals surface area contributed by atoms with Gasteiger partial charge in [-0.15, -0.1) is 0 Å².